The van der Waals surface area contributed by atoms with Gasteiger partial charge in [-0.25, -0.2) is 0 Å². The second-order valence-corrected chi connectivity index (χ2v) is 7.53. The molecule has 0 aromatic heterocycles. The van der Waals surface area contributed by atoms with Crippen LogP contribution in [0.3, 0.4) is 0 Å². The summed E-state index contributed by atoms with van der Waals surface area (Å²) in [7, 11) is -2.08. The van der Waals surface area contributed by atoms with Crippen LogP contribution >= 0.6 is 0 Å². The standard InChI is InChI=1S/C12H22N2O4S/c1-13(9-10-5-4-6-10)19(17,18)14-8-3-2-7-11(14)12(15)16/h10-11H,2-9H2,1H3,(H,15,16). The smallest absolute Gasteiger partial charge is 0.322 e. The summed E-state index contributed by atoms with van der Waals surface area (Å²) in [5.74, 6) is -0.604. The highest BCUT2D eigenvalue weighted by atomic mass is 32.2. The minimum Gasteiger partial charge on any atom is -0.480 e. The van der Waals surface area contributed by atoms with Gasteiger partial charge in [0, 0.05) is 20.1 Å². The van der Waals surface area contributed by atoms with Gasteiger partial charge >= 0.3 is 5.97 Å². The maximum Gasteiger partial charge on any atom is 0.322 e. The van der Waals surface area contributed by atoms with E-state index < -0.39 is 22.2 Å². The zero-order chi connectivity index (χ0) is 14.0. The minimum absolute atomic E-state index is 0.314. The van der Waals surface area contributed by atoms with Crippen LogP contribution in [0.25, 0.3) is 0 Å². The summed E-state index contributed by atoms with van der Waals surface area (Å²) in [6.45, 7) is 0.819. The van der Waals surface area contributed by atoms with Crippen LogP contribution in [-0.2, 0) is 15.0 Å². The summed E-state index contributed by atoms with van der Waals surface area (Å²) >= 11 is 0. The molecule has 0 aromatic carbocycles. The lowest BCUT2D eigenvalue weighted by atomic mass is 9.86. The van der Waals surface area contributed by atoms with Gasteiger partial charge in [0.15, 0.2) is 0 Å². The summed E-state index contributed by atoms with van der Waals surface area (Å²) in [6.07, 6.45) is 5.23. The topological polar surface area (TPSA) is 77.9 Å². The zero-order valence-electron chi connectivity index (χ0n) is 11.3. The van der Waals surface area contributed by atoms with Crippen molar-refractivity contribution in [2.45, 2.75) is 44.6 Å². The molecular weight excluding hydrogens is 268 g/mol. The third kappa shape index (κ3) is 3.09. The molecule has 1 unspecified atom stereocenters. The van der Waals surface area contributed by atoms with Crippen LogP contribution in [0.15, 0.2) is 0 Å². The molecule has 1 saturated heterocycles. The number of aliphatic carboxylic acids is 1. The molecule has 1 aliphatic carbocycles. The number of nitrogens with zero attached hydrogens (tertiary/aromatic N) is 2. The maximum atomic E-state index is 12.5. The average molecular weight is 290 g/mol. The number of piperidine rings is 1. The minimum atomic E-state index is -3.64. The molecule has 19 heavy (non-hydrogen) atoms. The molecule has 2 fully saturated rings. The molecule has 7 heteroatoms. The van der Waals surface area contributed by atoms with Crippen molar-refractivity contribution in [3.8, 4) is 0 Å². The Kier molecular flexibility index (Phi) is 4.47. The summed E-state index contributed by atoms with van der Waals surface area (Å²) in [5.41, 5.74) is 0. The van der Waals surface area contributed by atoms with Crippen LogP contribution in [0.2, 0.25) is 0 Å². The zero-order valence-corrected chi connectivity index (χ0v) is 12.1. The molecule has 0 aromatic rings. The molecule has 110 valence electrons. The molecular formula is C12H22N2O4S. The van der Waals surface area contributed by atoms with Crippen LogP contribution < -0.4 is 0 Å². The lowest BCUT2D eigenvalue weighted by Crippen LogP contribution is -2.53. The first-order valence-corrected chi connectivity index (χ1v) is 8.28. The van der Waals surface area contributed by atoms with Gasteiger partial charge in [-0.3, -0.25) is 4.79 Å². The Morgan fingerprint density at radius 1 is 1.26 bits per heavy atom. The van der Waals surface area contributed by atoms with Gasteiger partial charge < -0.3 is 5.11 Å². The van der Waals surface area contributed by atoms with E-state index in [1.54, 1.807) is 7.05 Å². The van der Waals surface area contributed by atoms with Crippen LogP contribution in [0.4, 0.5) is 0 Å². The molecule has 1 N–H and O–H groups in total. The van der Waals surface area contributed by atoms with Crippen molar-refractivity contribution in [3.63, 3.8) is 0 Å². The Bertz CT molecular complexity index is 433. The van der Waals surface area contributed by atoms with E-state index in [1.807, 2.05) is 0 Å². The van der Waals surface area contributed by atoms with E-state index in [0.29, 0.717) is 25.4 Å². The Labute approximate surface area is 114 Å². The third-order valence-corrected chi connectivity index (χ3v) is 6.14. The van der Waals surface area contributed by atoms with Crippen molar-refractivity contribution in [2.24, 2.45) is 5.92 Å². The highest BCUT2D eigenvalue weighted by Gasteiger charge is 2.39. The summed E-state index contributed by atoms with van der Waals surface area (Å²) in [6, 6.07) is -0.900. The van der Waals surface area contributed by atoms with Crippen molar-refractivity contribution in [3.05, 3.63) is 0 Å². The molecule has 1 atom stereocenters. The maximum absolute atomic E-state index is 12.5. The fourth-order valence-corrected chi connectivity index (χ4v) is 4.37. The summed E-state index contributed by atoms with van der Waals surface area (Å²) in [4.78, 5) is 11.2. The second-order valence-electron chi connectivity index (χ2n) is 5.55. The van der Waals surface area contributed by atoms with Crippen molar-refractivity contribution in [1.82, 2.24) is 8.61 Å². The summed E-state index contributed by atoms with van der Waals surface area (Å²) in [5, 5.41) is 9.17. The first-order chi connectivity index (χ1) is 8.93. The van der Waals surface area contributed by atoms with E-state index in [4.69, 9.17) is 5.11 Å². The molecule has 0 amide bonds. The average Bonchev–Trinajstić information content (AvgIpc) is 2.33. The van der Waals surface area contributed by atoms with E-state index in [9.17, 15) is 13.2 Å². The number of carboxylic acids is 1. The molecule has 1 heterocycles. The van der Waals surface area contributed by atoms with E-state index >= 15 is 0 Å². The number of carboxylic acid groups (broad SMARTS) is 1. The predicted molar refractivity (Wildman–Crippen MR) is 70.9 cm³/mol. The molecule has 0 spiro atoms. The monoisotopic (exact) mass is 290 g/mol. The number of hydrogen-bond donors (Lipinski definition) is 1. The Hall–Kier alpha value is -0.660. The van der Waals surface area contributed by atoms with Gasteiger partial charge in [-0.05, 0) is 38.0 Å². The molecule has 1 aliphatic heterocycles. The molecule has 6 nitrogen and oxygen atoms in total. The van der Waals surface area contributed by atoms with Crippen molar-refractivity contribution < 1.29 is 18.3 Å². The van der Waals surface area contributed by atoms with Crippen molar-refractivity contribution in [2.75, 3.05) is 20.1 Å². The SMILES string of the molecule is CN(CC1CCC1)S(=O)(=O)N1CCCCC1C(=O)O. The van der Waals surface area contributed by atoms with Crippen molar-refractivity contribution >= 4 is 16.2 Å². The van der Waals surface area contributed by atoms with E-state index in [2.05, 4.69) is 0 Å². The molecule has 0 bridgehead atoms. The number of hydrogen-bond acceptors (Lipinski definition) is 3. The van der Waals surface area contributed by atoms with Gasteiger partial charge in [0.1, 0.15) is 6.04 Å². The first kappa shape index (κ1) is 14.7. The Morgan fingerprint density at radius 3 is 2.47 bits per heavy atom. The van der Waals surface area contributed by atoms with E-state index in [0.717, 1.165) is 30.0 Å². The first-order valence-electron chi connectivity index (χ1n) is 6.89. The predicted octanol–water partition coefficient (Wildman–Crippen LogP) is 0.902. The second kappa shape index (κ2) is 5.76. The van der Waals surface area contributed by atoms with Crippen molar-refractivity contribution in [1.29, 1.82) is 0 Å². The van der Waals surface area contributed by atoms with Gasteiger partial charge in [0.25, 0.3) is 10.2 Å². The molecule has 2 aliphatic rings. The summed E-state index contributed by atoms with van der Waals surface area (Å²) < 4.78 is 27.4. The third-order valence-electron chi connectivity index (χ3n) is 4.17. The fourth-order valence-electron chi connectivity index (χ4n) is 2.74. The fraction of sp³-hybridized carbons (Fsp3) is 0.917. The Morgan fingerprint density at radius 2 is 1.95 bits per heavy atom. The number of carbonyl (C=O) groups is 1. The van der Waals surface area contributed by atoms with E-state index in [1.165, 1.54) is 10.7 Å². The highest BCUT2D eigenvalue weighted by Crippen LogP contribution is 2.29. The molecule has 2 rings (SSSR count). The molecule has 0 radical (unpaired) electrons. The normalized spacial score (nSPS) is 26.3. The van der Waals surface area contributed by atoms with E-state index in [-0.39, 0.29) is 0 Å². The van der Waals surface area contributed by atoms with Gasteiger partial charge in [-0.15, -0.1) is 0 Å². The van der Waals surface area contributed by atoms with Crippen LogP contribution in [0.1, 0.15) is 38.5 Å². The van der Waals surface area contributed by atoms with Crippen LogP contribution in [0, 0.1) is 5.92 Å². The Balaban J connectivity index is 2.09. The lowest BCUT2D eigenvalue weighted by molar-refractivity contribution is -0.142. The van der Waals surface area contributed by atoms with Gasteiger partial charge in [-0.2, -0.15) is 17.0 Å². The van der Waals surface area contributed by atoms with Gasteiger partial charge in [-0.1, -0.05) is 6.42 Å². The largest absolute Gasteiger partial charge is 0.480 e. The van der Waals surface area contributed by atoms with Crippen LogP contribution in [0.5, 0.6) is 0 Å². The quantitative estimate of drug-likeness (QED) is 0.816. The van der Waals surface area contributed by atoms with Crippen LogP contribution in [-0.4, -0.2) is 54.3 Å². The lowest BCUT2D eigenvalue weighted by Gasteiger charge is -2.37. The van der Waals surface area contributed by atoms with Gasteiger partial charge in [0.2, 0.25) is 0 Å². The van der Waals surface area contributed by atoms with Gasteiger partial charge in [0.05, 0.1) is 0 Å². The molecule has 1 saturated carbocycles. The number of rotatable bonds is 5. The highest BCUT2D eigenvalue weighted by molar-refractivity contribution is 7.86.